The molecule has 0 aliphatic carbocycles. The van der Waals surface area contributed by atoms with Gasteiger partial charge < -0.3 is 9.64 Å². The van der Waals surface area contributed by atoms with E-state index in [0.29, 0.717) is 12.2 Å². The van der Waals surface area contributed by atoms with Gasteiger partial charge in [0.05, 0.1) is 18.4 Å². The quantitative estimate of drug-likeness (QED) is 0.776. The van der Waals surface area contributed by atoms with Gasteiger partial charge in [0, 0.05) is 20.6 Å². The van der Waals surface area contributed by atoms with Crippen LogP contribution in [0.5, 0.6) is 0 Å². The van der Waals surface area contributed by atoms with E-state index in [1.54, 1.807) is 4.68 Å². The molecule has 0 aliphatic heterocycles. The minimum atomic E-state index is 0.229. The molecule has 1 heterocycles. The van der Waals surface area contributed by atoms with Crippen LogP contribution in [0.1, 0.15) is 25.1 Å². The molecule has 0 bridgehead atoms. The van der Waals surface area contributed by atoms with Crippen molar-refractivity contribution in [3.05, 3.63) is 11.3 Å². The summed E-state index contributed by atoms with van der Waals surface area (Å²) in [6, 6.07) is 2.20. The predicted molar refractivity (Wildman–Crippen MR) is 67.0 cm³/mol. The van der Waals surface area contributed by atoms with Crippen molar-refractivity contribution in [3.63, 3.8) is 0 Å². The molecule has 0 aromatic carbocycles. The van der Waals surface area contributed by atoms with Crippen LogP contribution < -0.4 is 4.90 Å². The van der Waals surface area contributed by atoms with E-state index in [1.165, 1.54) is 0 Å². The summed E-state index contributed by atoms with van der Waals surface area (Å²) in [5, 5.41) is 13.4. The first-order chi connectivity index (χ1) is 7.97. The first kappa shape index (κ1) is 13.5. The molecular formula is C12H20N4O. The summed E-state index contributed by atoms with van der Waals surface area (Å²) in [5.41, 5.74) is 1.40. The van der Waals surface area contributed by atoms with Crippen molar-refractivity contribution in [2.24, 2.45) is 7.05 Å². The molecule has 0 unspecified atom stereocenters. The van der Waals surface area contributed by atoms with E-state index in [9.17, 15) is 0 Å². The van der Waals surface area contributed by atoms with Gasteiger partial charge in [0.15, 0.2) is 0 Å². The van der Waals surface area contributed by atoms with Crippen molar-refractivity contribution in [2.75, 3.05) is 25.1 Å². The van der Waals surface area contributed by atoms with Crippen LogP contribution >= 0.6 is 0 Å². The van der Waals surface area contributed by atoms with Crippen molar-refractivity contribution in [1.29, 1.82) is 5.26 Å². The van der Waals surface area contributed by atoms with Crippen LogP contribution in [0.4, 0.5) is 5.82 Å². The van der Waals surface area contributed by atoms with Crippen molar-refractivity contribution >= 4 is 5.82 Å². The number of ether oxygens (including phenoxy) is 1. The lowest BCUT2D eigenvalue weighted by Gasteiger charge is -2.20. The zero-order valence-electron chi connectivity index (χ0n) is 11.2. The Bertz CT molecular complexity index is 417. The van der Waals surface area contributed by atoms with E-state index < -0.39 is 0 Å². The molecule has 0 N–H and O–H groups in total. The number of aromatic nitrogens is 2. The summed E-state index contributed by atoms with van der Waals surface area (Å²) in [6.07, 6.45) is 0.229. The number of aryl methyl sites for hydroxylation is 2. The van der Waals surface area contributed by atoms with Crippen molar-refractivity contribution in [1.82, 2.24) is 9.78 Å². The van der Waals surface area contributed by atoms with Crippen LogP contribution in [0.3, 0.4) is 0 Å². The van der Waals surface area contributed by atoms with Gasteiger partial charge >= 0.3 is 0 Å². The first-order valence-corrected chi connectivity index (χ1v) is 5.73. The normalized spacial score (nSPS) is 10.6. The average molecular weight is 236 g/mol. The van der Waals surface area contributed by atoms with Gasteiger partial charge in [0.1, 0.15) is 17.5 Å². The van der Waals surface area contributed by atoms with Gasteiger partial charge in [-0.1, -0.05) is 0 Å². The molecular weight excluding hydrogens is 216 g/mol. The highest BCUT2D eigenvalue weighted by Gasteiger charge is 2.16. The number of hydrogen-bond acceptors (Lipinski definition) is 4. The average Bonchev–Trinajstić information content (AvgIpc) is 2.52. The lowest BCUT2D eigenvalue weighted by atomic mass is 10.2. The highest BCUT2D eigenvalue weighted by atomic mass is 16.5. The predicted octanol–water partition coefficient (Wildman–Crippen LogP) is 1.46. The highest BCUT2D eigenvalue weighted by molar-refractivity contribution is 5.56. The molecule has 94 valence electrons. The fourth-order valence-corrected chi connectivity index (χ4v) is 1.75. The van der Waals surface area contributed by atoms with Crippen LogP contribution in [0.25, 0.3) is 0 Å². The minimum absolute atomic E-state index is 0.229. The minimum Gasteiger partial charge on any atom is -0.377 e. The van der Waals surface area contributed by atoms with Gasteiger partial charge in [0.25, 0.3) is 0 Å². The number of nitriles is 1. The molecule has 0 aliphatic rings. The monoisotopic (exact) mass is 236 g/mol. The molecule has 1 aromatic rings. The number of rotatable bonds is 5. The van der Waals surface area contributed by atoms with E-state index in [4.69, 9.17) is 10.00 Å². The molecule has 0 saturated heterocycles. The van der Waals surface area contributed by atoms with Crippen molar-refractivity contribution < 1.29 is 4.74 Å². The largest absolute Gasteiger partial charge is 0.377 e. The molecule has 0 fully saturated rings. The summed E-state index contributed by atoms with van der Waals surface area (Å²) in [6.45, 7) is 7.25. The van der Waals surface area contributed by atoms with Gasteiger partial charge in [0.2, 0.25) is 0 Å². The second-order valence-corrected chi connectivity index (χ2v) is 4.36. The molecule has 0 saturated carbocycles. The molecule has 1 rings (SSSR count). The molecule has 0 atom stereocenters. The molecule has 5 heteroatoms. The van der Waals surface area contributed by atoms with Gasteiger partial charge in [-0.15, -0.1) is 0 Å². The van der Waals surface area contributed by atoms with E-state index in [2.05, 4.69) is 11.2 Å². The number of hydrogen-bond donors (Lipinski definition) is 0. The van der Waals surface area contributed by atoms with Crippen LogP contribution in [0, 0.1) is 18.3 Å². The third-order valence-corrected chi connectivity index (χ3v) is 2.54. The van der Waals surface area contributed by atoms with E-state index >= 15 is 0 Å². The van der Waals surface area contributed by atoms with Gasteiger partial charge in [-0.2, -0.15) is 10.4 Å². The maximum atomic E-state index is 9.11. The van der Waals surface area contributed by atoms with Crippen LogP contribution in [0.15, 0.2) is 0 Å². The number of likely N-dealkylation sites (N-methyl/N-ethyl adjacent to an activating group) is 1. The fourth-order valence-electron chi connectivity index (χ4n) is 1.75. The van der Waals surface area contributed by atoms with E-state index in [0.717, 1.165) is 18.1 Å². The zero-order chi connectivity index (χ0) is 13.0. The molecule has 0 amide bonds. The summed E-state index contributed by atoms with van der Waals surface area (Å²) in [7, 11) is 3.80. The summed E-state index contributed by atoms with van der Waals surface area (Å²) >= 11 is 0. The van der Waals surface area contributed by atoms with Gasteiger partial charge in [-0.05, 0) is 20.8 Å². The van der Waals surface area contributed by atoms with Crippen molar-refractivity contribution in [3.8, 4) is 6.07 Å². The lowest BCUT2D eigenvalue weighted by molar-refractivity contribution is 0.0845. The Hall–Kier alpha value is -1.54. The Morgan fingerprint density at radius 2 is 2.18 bits per heavy atom. The molecule has 5 nitrogen and oxygen atoms in total. The zero-order valence-corrected chi connectivity index (χ0v) is 11.2. The maximum absolute atomic E-state index is 9.11. The summed E-state index contributed by atoms with van der Waals surface area (Å²) in [4.78, 5) is 2.00. The first-order valence-electron chi connectivity index (χ1n) is 5.73. The Morgan fingerprint density at radius 3 is 2.71 bits per heavy atom. The number of anilines is 1. The third kappa shape index (κ3) is 3.21. The summed E-state index contributed by atoms with van der Waals surface area (Å²) < 4.78 is 7.24. The van der Waals surface area contributed by atoms with Crippen LogP contribution in [-0.4, -0.2) is 36.1 Å². The SMILES string of the molecule is Cc1nn(C)c(N(C)CCOC(C)C)c1C#N. The van der Waals surface area contributed by atoms with Gasteiger partial charge in [-0.3, -0.25) is 4.68 Å². The number of nitrogens with zero attached hydrogens (tertiary/aromatic N) is 4. The van der Waals surface area contributed by atoms with Gasteiger partial charge in [-0.25, -0.2) is 0 Å². The van der Waals surface area contributed by atoms with E-state index in [1.807, 2.05) is 39.8 Å². The van der Waals surface area contributed by atoms with Crippen molar-refractivity contribution in [2.45, 2.75) is 26.9 Å². The van der Waals surface area contributed by atoms with Crippen LogP contribution in [0.2, 0.25) is 0 Å². The molecule has 1 aromatic heterocycles. The Morgan fingerprint density at radius 1 is 1.53 bits per heavy atom. The molecule has 17 heavy (non-hydrogen) atoms. The highest BCUT2D eigenvalue weighted by Crippen LogP contribution is 2.20. The Balaban J connectivity index is 2.75. The summed E-state index contributed by atoms with van der Waals surface area (Å²) in [5.74, 6) is 0.845. The second kappa shape index (κ2) is 5.69. The second-order valence-electron chi connectivity index (χ2n) is 4.36. The smallest absolute Gasteiger partial charge is 0.144 e. The van der Waals surface area contributed by atoms with E-state index in [-0.39, 0.29) is 6.10 Å². The lowest BCUT2D eigenvalue weighted by Crippen LogP contribution is -2.26. The molecule has 0 radical (unpaired) electrons. The van der Waals surface area contributed by atoms with Crippen LogP contribution in [-0.2, 0) is 11.8 Å². The molecule has 0 spiro atoms. The maximum Gasteiger partial charge on any atom is 0.144 e. The Labute approximate surface area is 103 Å². The topological polar surface area (TPSA) is 54.1 Å². The third-order valence-electron chi connectivity index (χ3n) is 2.54. The standard InChI is InChI=1S/C12H20N4O/c1-9(2)17-7-6-15(4)12-11(8-13)10(3)14-16(12)5/h9H,6-7H2,1-5H3. The fraction of sp³-hybridized carbons (Fsp3) is 0.667. The Kier molecular flexibility index (Phi) is 4.53.